The molecule has 94 valence electrons. The highest BCUT2D eigenvalue weighted by Gasteiger charge is 2.07. The van der Waals surface area contributed by atoms with Gasteiger partial charge in [0.25, 0.3) is 0 Å². The second-order valence-corrected chi connectivity index (χ2v) is 5.51. The van der Waals surface area contributed by atoms with Crippen molar-refractivity contribution in [2.75, 3.05) is 5.73 Å². The zero-order chi connectivity index (χ0) is 13.1. The van der Waals surface area contributed by atoms with Crippen molar-refractivity contribution >= 4 is 21.7 Å². The van der Waals surface area contributed by atoms with Crippen LogP contribution in [0.1, 0.15) is 36.8 Å². The molecule has 1 aromatic heterocycles. The van der Waals surface area contributed by atoms with Crippen LogP contribution >= 0.6 is 15.9 Å². The quantitative estimate of drug-likeness (QED) is 0.943. The largest absolute Gasteiger partial charge is 0.384 e. The molecular weight excluding hydrogens is 290 g/mol. The molecule has 0 amide bonds. The van der Waals surface area contributed by atoms with E-state index >= 15 is 0 Å². The first-order valence-corrected chi connectivity index (χ1v) is 6.71. The molecule has 0 saturated heterocycles. The van der Waals surface area contributed by atoms with Crippen LogP contribution in [0.15, 0.2) is 34.8 Å². The van der Waals surface area contributed by atoms with Crippen molar-refractivity contribution in [2.24, 2.45) is 0 Å². The number of nitrogens with two attached hydrogens (primary N) is 1. The number of nitrogen functional groups attached to an aromatic ring is 1. The molecule has 18 heavy (non-hydrogen) atoms. The molecule has 3 nitrogen and oxygen atoms in total. The van der Waals surface area contributed by atoms with Crippen LogP contribution in [0.5, 0.6) is 0 Å². The van der Waals surface area contributed by atoms with Gasteiger partial charge in [-0.1, -0.05) is 41.9 Å². The number of rotatable bonds is 3. The van der Waals surface area contributed by atoms with Gasteiger partial charge in [-0.15, -0.1) is 0 Å². The van der Waals surface area contributed by atoms with Crippen molar-refractivity contribution in [2.45, 2.75) is 26.2 Å². The third-order valence-electron chi connectivity index (χ3n) is 2.65. The molecule has 2 N–H and O–H groups in total. The number of anilines is 1. The average Bonchev–Trinajstić information content (AvgIpc) is 2.28. The number of nitrogens with zero attached hydrogens (tertiary/aromatic N) is 2. The Labute approximate surface area is 116 Å². The summed E-state index contributed by atoms with van der Waals surface area (Å²) in [6, 6.07) is 9.99. The van der Waals surface area contributed by atoms with Crippen molar-refractivity contribution < 1.29 is 0 Å². The van der Waals surface area contributed by atoms with Gasteiger partial charge in [0.15, 0.2) is 0 Å². The Hall–Kier alpha value is -1.42. The second-order valence-electron chi connectivity index (χ2n) is 4.60. The number of hydrogen-bond acceptors (Lipinski definition) is 3. The molecule has 0 fully saturated rings. The lowest BCUT2D eigenvalue weighted by molar-refractivity contribution is 0.794. The normalized spacial score (nSPS) is 10.9. The molecule has 0 saturated carbocycles. The summed E-state index contributed by atoms with van der Waals surface area (Å²) in [5, 5.41) is 0. The molecule has 1 heterocycles. The third kappa shape index (κ3) is 3.29. The lowest BCUT2D eigenvalue weighted by Gasteiger charge is -2.08. The molecule has 0 aliphatic heterocycles. The standard InChI is InChI=1S/C14H16BrN3/c1-9(2)12-8-13(16)18-14(17-12)7-10-4-3-5-11(15)6-10/h3-6,8-9H,7H2,1-2H3,(H2,16,17,18). The van der Waals surface area contributed by atoms with Gasteiger partial charge >= 0.3 is 0 Å². The van der Waals surface area contributed by atoms with Crippen molar-refractivity contribution in [1.29, 1.82) is 0 Å². The number of aromatic nitrogens is 2. The highest BCUT2D eigenvalue weighted by Crippen LogP contribution is 2.17. The first-order valence-electron chi connectivity index (χ1n) is 5.92. The van der Waals surface area contributed by atoms with Crippen LogP contribution in [0.3, 0.4) is 0 Å². The minimum absolute atomic E-state index is 0.358. The highest BCUT2D eigenvalue weighted by molar-refractivity contribution is 9.10. The van der Waals surface area contributed by atoms with Crippen LogP contribution in [0.25, 0.3) is 0 Å². The number of halogens is 1. The number of hydrogen-bond donors (Lipinski definition) is 1. The Kier molecular flexibility index (Phi) is 3.97. The minimum Gasteiger partial charge on any atom is -0.384 e. The lowest BCUT2D eigenvalue weighted by Crippen LogP contribution is -2.05. The third-order valence-corrected chi connectivity index (χ3v) is 3.15. The molecular formula is C14H16BrN3. The molecule has 0 aliphatic rings. The van der Waals surface area contributed by atoms with E-state index in [4.69, 9.17) is 5.73 Å². The summed E-state index contributed by atoms with van der Waals surface area (Å²) in [6.07, 6.45) is 0.699. The van der Waals surface area contributed by atoms with E-state index in [0.717, 1.165) is 16.0 Å². The Morgan fingerprint density at radius 2 is 2.00 bits per heavy atom. The van der Waals surface area contributed by atoms with Crippen molar-refractivity contribution in [1.82, 2.24) is 9.97 Å². The first kappa shape index (κ1) is 13.0. The van der Waals surface area contributed by atoms with Gasteiger partial charge in [-0.2, -0.15) is 0 Å². The maximum Gasteiger partial charge on any atom is 0.135 e. The van der Waals surface area contributed by atoms with Crippen LogP contribution in [0, 0.1) is 0 Å². The van der Waals surface area contributed by atoms with Crippen molar-refractivity contribution in [3.63, 3.8) is 0 Å². The van der Waals surface area contributed by atoms with Gasteiger partial charge in [-0.05, 0) is 23.6 Å². The van der Waals surface area contributed by atoms with Gasteiger partial charge in [-0.3, -0.25) is 0 Å². The molecule has 2 aromatic rings. The van der Waals surface area contributed by atoms with Crippen LogP contribution in [-0.2, 0) is 6.42 Å². The molecule has 2 rings (SSSR count). The topological polar surface area (TPSA) is 51.8 Å². The van der Waals surface area contributed by atoms with Crippen LogP contribution in [0.4, 0.5) is 5.82 Å². The highest BCUT2D eigenvalue weighted by atomic mass is 79.9. The van der Waals surface area contributed by atoms with Gasteiger partial charge in [0.1, 0.15) is 11.6 Å². The predicted molar refractivity (Wildman–Crippen MR) is 77.5 cm³/mol. The van der Waals surface area contributed by atoms with E-state index in [-0.39, 0.29) is 0 Å². The molecule has 0 radical (unpaired) electrons. The summed E-state index contributed by atoms with van der Waals surface area (Å²) in [6.45, 7) is 4.20. The summed E-state index contributed by atoms with van der Waals surface area (Å²) in [7, 11) is 0. The Morgan fingerprint density at radius 3 is 2.67 bits per heavy atom. The molecule has 0 unspecified atom stereocenters. The van der Waals surface area contributed by atoms with E-state index in [9.17, 15) is 0 Å². The van der Waals surface area contributed by atoms with Gasteiger partial charge < -0.3 is 5.73 Å². The zero-order valence-corrected chi connectivity index (χ0v) is 12.1. The monoisotopic (exact) mass is 305 g/mol. The average molecular weight is 306 g/mol. The summed E-state index contributed by atoms with van der Waals surface area (Å²) < 4.78 is 1.06. The molecule has 0 aliphatic carbocycles. The Bertz CT molecular complexity index is 552. The lowest BCUT2D eigenvalue weighted by atomic mass is 10.1. The van der Waals surface area contributed by atoms with Gasteiger partial charge in [-0.25, -0.2) is 9.97 Å². The van der Waals surface area contributed by atoms with Crippen molar-refractivity contribution in [3.05, 3.63) is 51.9 Å². The summed E-state index contributed by atoms with van der Waals surface area (Å²) in [4.78, 5) is 8.84. The van der Waals surface area contributed by atoms with Crippen LogP contribution in [0.2, 0.25) is 0 Å². The minimum atomic E-state index is 0.358. The van der Waals surface area contributed by atoms with E-state index in [1.807, 2.05) is 18.2 Å². The Morgan fingerprint density at radius 1 is 1.22 bits per heavy atom. The van der Waals surface area contributed by atoms with E-state index in [1.165, 1.54) is 5.56 Å². The summed E-state index contributed by atoms with van der Waals surface area (Å²) >= 11 is 3.46. The maximum atomic E-state index is 5.82. The van der Waals surface area contributed by atoms with Crippen molar-refractivity contribution in [3.8, 4) is 0 Å². The van der Waals surface area contributed by atoms with Crippen LogP contribution in [-0.4, -0.2) is 9.97 Å². The molecule has 0 bridgehead atoms. The fourth-order valence-electron chi connectivity index (χ4n) is 1.74. The smallest absolute Gasteiger partial charge is 0.135 e. The van der Waals surface area contributed by atoms with Gasteiger partial charge in [0.2, 0.25) is 0 Å². The number of benzene rings is 1. The van der Waals surface area contributed by atoms with E-state index in [2.05, 4.69) is 51.9 Å². The fourth-order valence-corrected chi connectivity index (χ4v) is 2.19. The summed E-state index contributed by atoms with van der Waals surface area (Å²) in [5.41, 5.74) is 7.98. The zero-order valence-electron chi connectivity index (χ0n) is 10.5. The van der Waals surface area contributed by atoms with E-state index in [1.54, 1.807) is 0 Å². The molecule has 4 heteroatoms. The molecule has 0 spiro atoms. The van der Waals surface area contributed by atoms with E-state index < -0.39 is 0 Å². The molecule has 0 atom stereocenters. The second kappa shape index (κ2) is 5.48. The van der Waals surface area contributed by atoms with E-state index in [0.29, 0.717) is 18.2 Å². The predicted octanol–water partition coefficient (Wildman–Crippen LogP) is 3.54. The van der Waals surface area contributed by atoms with Crippen LogP contribution < -0.4 is 5.73 Å². The van der Waals surface area contributed by atoms with Gasteiger partial charge in [0, 0.05) is 22.7 Å². The first-order chi connectivity index (χ1) is 8.54. The maximum absolute atomic E-state index is 5.82. The molecule has 1 aromatic carbocycles. The van der Waals surface area contributed by atoms with Gasteiger partial charge in [0.05, 0.1) is 0 Å². The summed E-state index contributed by atoms with van der Waals surface area (Å²) in [5.74, 6) is 1.67. The Balaban J connectivity index is 2.29. The SMILES string of the molecule is CC(C)c1cc(N)nc(Cc2cccc(Br)c2)n1. The fraction of sp³-hybridized carbons (Fsp3) is 0.286.